The smallest absolute Gasteiger partial charge is 0.393 e. The van der Waals surface area contributed by atoms with E-state index in [0.717, 1.165) is 0 Å². The zero-order chi connectivity index (χ0) is 9.35. The van der Waals surface area contributed by atoms with E-state index >= 15 is 0 Å². The number of aliphatic hydroxyl groups excluding tert-OH is 2. The molecule has 1 aliphatic rings. The minimum absolute atomic E-state index is 0.0562. The average Bonchev–Trinajstić information content (AvgIpc) is 2.32. The Morgan fingerprint density at radius 2 is 1.83 bits per heavy atom. The van der Waals surface area contributed by atoms with Crippen molar-refractivity contribution in [3.63, 3.8) is 0 Å². The Bertz CT molecular complexity index is 157. The molecule has 0 aliphatic heterocycles. The largest absolute Gasteiger partial charge is 0.414 e. The highest BCUT2D eigenvalue weighted by Crippen LogP contribution is 2.35. The lowest BCUT2D eigenvalue weighted by Gasteiger charge is -2.20. The van der Waals surface area contributed by atoms with E-state index in [9.17, 15) is 13.2 Å². The number of halogens is 3. The summed E-state index contributed by atoms with van der Waals surface area (Å²) in [6.07, 6.45) is -6.82. The third kappa shape index (κ3) is 2.10. The molecule has 12 heavy (non-hydrogen) atoms. The Hall–Kier alpha value is -0.290. The molecule has 0 aromatic carbocycles. The molecule has 0 saturated heterocycles. The molecule has 1 saturated carbocycles. The second-order valence-electron chi connectivity index (χ2n) is 3.21. The number of hydrogen-bond donors (Lipinski definition) is 2. The maximum Gasteiger partial charge on any atom is 0.414 e. The molecule has 1 fully saturated rings. The summed E-state index contributed by atoms with van der Waals surface area (Å²) in [4.78, 5) is 0. The SMILES string of the molecule is OC1CCC(C(O)C(F)(F)F)C1. The highest BCUT2D eigenvalue weighted by atomic mass is 19.4. The Kier molecular flexibility index (Phi) is 2.63. The van der Waals surface area contributed by atoms with Crippen LogP contribution in [-0.2, 0) is 0 Å². The lowest BCUT2D eigenvalue weighted by Crippen LogP contribution is -2.35. The van der Waals surface area contributed by atoms with Crippen molar-refractivity contribution in [3.8, 4) is 0 Å². The van der Waals surface area contributed by atoms with Crippen molar-refractivity contribution in [1.82, 2.24) is 0 Å². The second-order valence-corrected chi connectivity index (χ2v) is 3.21. The summed E-state index contributed by atoms with van der Waals surface area (Å²) >= 11 is 0. The lowest BCUT2D eigenvalue weighted by molar-refractivity contribution is -0.219. The van der Waals surface area contributed by atoms with Crippen LogP contribution in [0.15, 0.2) is 0 Å². The third-order valence-corrected chi connectivity index (χ3v) is 2.23. The first-order valence-electron chi connectivity index (χ1n) is 3.84. The molecule has 3 atom stereocenters. The molecule has 3 unspecified atom stereocenters. The molecule has 0 bridgehead atoms. The van der Waals surface area contributed by atoms with Gasteiger partial charge >= 0.3 is 6.18 Å². The highest BCUT2D eigenvalue weighted by Gasteiger charge is 2.45. The van der Waals surface area contributed by atoms with Gasteiger partial charge in [-0.15, -0.1) is 0 Å². The van der Waals surface area contributed by atoms with Crippen LogP contribution in [-0.4, -0.2) is 28.6 Å². The number of alkyl halides is 3. The molecule has 0 spiro atoms. The van der Waals surface area contributed by atoms with Gasteiger partial charge in [0.2, 0.25) is 0 Å². The van der Waals surface area contributed by atoms with Gasteiger partial charge in [-0.2, -0.15) is 13.2 Å². The fourth-order valence-corrected chi connectivity index (χ4v) is 1.55. The molecule has 0 aromatic rings. The molecule has 2 N–H and O–H groups in total. The maximum absolute atomic E-state index is 11.9. The van der Waals surface area contributed by atoms with Crippen molar-refractivity contribution in [1.29, 1.82) is 0 Å². The fourth-order valence-electron chi connectivity index (χ4n) is 1.55. The van der Waals surface area contributed by atoms with Gasteiger partial charge in [0.15, 0.2) is 6.10 Å². The van der Waals surface area contributed by atoms with E-state index in [0.29, 0.717) is 6.42 Å². The van der Waals surface area contributed by atoms with Crippen LogP contribution < -0.4 is 0 Å². The van der Waals surface area contributed by atoms with Gasteiger partial charge in [0.1, 0.15) is 0 Å². The Balaban J connectivity index is 2.48. The van der Waals surface area contributed by atoms with Crippen molar-refractivity contribution in [2.45, 2.75) is 37.6 Å². The first kappa shape index (κ1) is 9.80. The number of rotatable bonds is 1. The van der Waals surface area contributed by atoms with E-state index < -0.39 is 24.3 Å². The predicted molar refractivity (Wildman–Crippen MR) is 35.4 cm³/mol. The van der Waals surface area contributed by atoms with Gasteiger partial charge in [-0.05, 0) is 25.2 Å². The molecular formula is C7H11F3O2. The van der Waals surface area contributed by atoms with Crippen LogP contribution in [0.4, 0.5) is 13.2 Å². The van der Waals surface area contributed by atoms with Gasteiger partial charge in [-0.25, -0.2) is 0 Å². The van der Waals surface area contributed by atoms with Gasteiger partial charge in [-0.1, -0.05) is 0 Å². The molecule has 0 radical (unpaired) electrons. The van der Waals surface area contributed by atoms with E-state index in [1.54, 1.807) is 0 Å². The van der Waals surface area contributed by atoms with Crippen LogP contribution in [0.25, 0.3) is 0 Å². The van der Waals surface area contributed by atoms with Crippen LogP contribution in [0.3, 0.4) is 0 Å². The average molecular weight is 184 g/mol. The summed E-state index contributed by atoms with van der Waals surface area (Å²) < 4.78 is 35.7. The molecule has 0 amide bonds. The molecule has 2 nitrogen and oxygen atoms in total. The molecule has 0 heterocycles. The maximum atomic E-state index is 11.9. The van der Waals surface area contributed by atoms with E-state index in [1.165, 1.54) is 0 Å². The summed E-state index contributed by atoms with van der Waals surface area (Å²) in [5.41, 5.74) is 0. The third-order valence-electron chi connectivity index (χ3n) is 2.23. The molecule has 0 aromatic heterocycles. The summed E-state index contributed by atoms with van der Waals surface area (Å²) in [6, 6.07) is 0. The Morgan fingerprint density at radius 1 is 1.25 bits per heavy atom. The van der Waals surface area contributed by atoms with Crippen LogP contribution in [0.1, 0.15) is 19.3 Å². The fraction of sp³-hybridized carbons (Fsp3) is 1.00. The van der Waals surface area contributed by atoms with E-state index in [1.807, 2.05) is 0 Å². The minimum Gasteiger partial charge on any atom is -0.393 e. The first-order valence-corrected chi connectivity index (χ1v) is 3.84. The zero-order valence-corrected chi connectivity index (χ0v) is 6.38. The second kappa shape index (κ2) is 3.22. The van der Waals surface area contributed by atoms with Crippen molar-refractivity contribution < 1.29 is 23.4 Å². The molecular weight excluding hydrogens is 173 g/mol. The highest BCUT2D eigenvalue weighted by molar-refractivity contribution is 4.83. The Labute approximate surface area is 68.0 Å². The van der Waals surface area contributed by atoms with Crippen LogP contribution in [0, 0.1) is 5.92 Å². The topological polar surface area (TPSA) is 40.5 Å². The van der Waals surface area contributed by atoms with Crippen molar-refractivity contribution >= 4 is 0 Å². The summed E-state index contributed by atoms with van der Waals surface area (Å²) in [5.74, 6) is -0.819. The standard InChI is InChI=1S/C7H11F3O2/c8-7(9,10)6(12)4-1-2-5(11)3-4/h4-6,11-12H,1-3H2. The Morgan fingerprint density at radius 3 is 2.17 bits per heavy atom. The van der Waals surface area contributed by atoms with E-state index in [2.05, 4.69) is 0 Å². The number of aliphatic hydroxyl groups is 2. The van der Waals surface area contributed by atoms with Gasteiger partial charge < -0.3 is 10.2 Å². The molecule has 5 heteroatoms. The normalized spacial score (nSPS) is 33.8. The molecule has 72 valence electrons. The van der Waals surface area contributed by atoms with E-state index in [4.69, 9.17) is 10.2 Å². The first-order chi connectivity index (χ1) is 5.41. The zero-order valence-electron chi connectivity index (χ0n) is 6.38. The van der Waals surface area contributed by atoms with Gasteiger partial charge in [0.25, 0.3) is 0 Å². The molecule has 1 rings (SSSR count). The summed E-state index contributed by atoms with van der Waals surface area (Å²) in [6.45, 7) is 0. The predicted octanol–water partition coefficient (Wildman–Crippen LogP) is 1.07. The monoisotopic (exact) mass is 184 g/mol. The van der Waals surface area contributed by atoms with Crippen LogP contribution >= 0.6 is 0 Å². The summed E-state index contributed by atoms with van der Waals surface area (Å²) in [7, 11) is 0. The van der Waals surface area contributed by atoms with Gasteiger partial charge in [0, 0.05) is 0 Å². The van der Waals surface area contributed by atoms with Gasteiger partial charge in [-0.3, -0.25) is 0 Å². The van der Waals surface area contributed by atoms with Crippen molar-refractivity contribution in [3.05, 3.63) is 0 Å². The summed E-state index contributed by atoms with van der Waals surface area (Å²) in [5, 5.41) is 17.7. The van der Waals surface area contributed by atoms with Crippen molar-refractivity contribution in [2.24, 2.45) is 5.92 Å². The number of hydrogen-bond acceptors (Lipinski definition) is 2. The molecule has 1 aliphatic carbocycles. The minimum atomic E-state index is -4.55. The van der Waals surface area contributed by atoms with Crippen molar-refractivity contribution in [2.75, 3.05) is 0 Å². The van der Waals surface area contributed by atoms with E-state index in [-0.39, 0.29) is 12.8 Å². The van der Waals surface area contributed by atoms with Crippen LogP contribution in [0.5, 0.6) is 0 Å². The quantitative estimate of drug-likeness (QED) is 0.640. The lowest BCUT2D eigenvalue weighted by atomic mass is 10.0. The van der Waals surface area contributed by atoms with Gasteiger partial charge in [0.05, 0.1) is 6.10 Å². The van der Waals surface area contributed by atoms with Crippen LogP contribution in [0.2, 0.25) is 0 Å².